The zero-order valence-electron chi connectivity index (χ0n) is 10.7. The van der Waals surface area contributed by atoms with Gasteiger partial charge in [0.05, 0.1) is 6.04 Å². The van der Waals surface area contributed by atoms with Crippen LogP contribution in [0.25, 0.3) is 0 Å². The van der Waals surface area contributed by atoms with E-state index in [1.165, 1.54) is 0 Å². The molecule has 0 N–H and O–H groups in total. The number of hydrogen-bond acceptors (Lipinski definition) is 2. The number of rotatable bonds is 3. The van der Waals surface area contributed by atoms with Gasteiger partial charge in [0.2, 0.25) is 0 Å². The smallest absolute Gasteiger partial charge is 0.411 e. The Morgan fingerprint density at radius 3 is 2.07 bits per heavy atom. The van der Waals surface area contributed by atoms with E-state index in [-0.39, 0.29) is 18.2 Å². The molecule has 0 rings (SSSR count). The van der Waals surface area contributed by atoms with Crippen LogP contribution in [0.1, 0.15) is 41.5 Å². The average molecular weight is 213 g/mol. The monoisotopic (exact) mass is 213 g/mol. The van der Waals surface area contributed by atoms with Gasteiger partial charge >= 0.3 is 6.09 Å². The minimum atomic E-state index is -0.453. The fourth-order valence-electron chi connectivity index (χ4n) is 1.28. The lowest BCUT2D eigenvalue weighted by molar-refractivity contribution is 0.0147. The predicted molar refractivity (Wildman–Crippen MR) is 62.9 cm³/mol. The van der Waals surface area contributed by atoms with Gasteiger partial charge in [-0.1, -0.05) is 6.08 Å². The third kappa shape index (κ3) is 4.86. The largest absolute Gasteiger partial charge is 0.444 e. The molecule has 1 amide bonds. The van der Waals surface area contributed by atoms with Crippen LogP contribution in [-0.2, 0) is 4.74 Å². The minimum Gasteiger partial charge on any atom is -0.444 e. The highest BCUT2D eigenvalue weighted by Crippen LogP contribution is 2.14. The van der Waals surface area contributed by atoms with E-state index in [0.717, 1.165) is 0 Å². The Kier molecular flexibility index (Phi) is 4.85. The maximum atomic E-state index is 11.9. The number of nitrogens with zero attached hydrogens (tertiary/aromatic N) is 1. The van der Waals surface area contributed by atoms with Crippen molar-refractivity contribution in [1.82, 2.24) is 4.90 Å². The zero-order chi connectivity index (χ0) is 12.2. The van der Waals surface area contributed by atoms with Gasteiger partial charge in [-0.15, -0.1) is 6.58 Å². The van der Waals surface area contributed by atoms with Crippen LogP contribution in [-0.4, -0.2) is 28.7 Å². The van der Waals surface area contributed by atoms with Gasteiger partial charge in [-0.05, 0) is 41.5 Å². The van der Waals surface area contributed by atoms with E-state index in [2.05, 4.69) is 6.58 Å². The van der Waals surface area contributed by atoms with Crippen molar-refractivity contribution in [2.75, 3.05) is 0 Å². The Hall–Kier alpha value is -0.990. The van der Waals surface area contributed by atoms with Crippen LogP contribution in [0.5, 0.6) is 0 Å². The molecule has 0 aromatic heterocycles. The summed E-state index contributed by atoms with van der Waals surface area (Å²) in [6.45, 7) is 15.1. The van der Waals surface area contributed by atoms with E-state index in [4.69, 9.17) is 4.74 Å². The Morgan fingerprint density at radius 1 is 1.33 bits per heavy atom. The molecule has 0 aliphatic heterocycles. The predicted octanol–water partition coefficient (Wildman–Crippen LogP) is 3.21. The SMILES string of the molecule is C=CC(C)N(C(=O)OC(C)(C)C)C(C)C. The molecular formula is C12H23NO2. The summed E-state index contributed by atoms with van der Waals surface area (Å²) in [6.07, 6.45) is 1.45. The number of hydrogen-bond donors (Lipinski definition) is 0. The molecule has 1 unspecified atom stereocenters. The maximum absolute atomic E-state index is 11.9. The van der Waals surface area contributed by atoms with E-state index in [9.17, 15) is 4.79 Å². The molecule has 15 heavy (non-hydrogen) atoms. The molecule has 0 fully saturated rings. The third-order valence-electron chi connectivity index (χ3n) is 1.94. The van der Waals surface area contributed by atoms with Crippen LogP contribution in [0.3, 0.4) is 0 Å². The second kappa shape index (κ2) is 5.19. The van der Waals surface area contributed by atoms with Crippen LogP contribution in [0.4, 0.5) is 4.79 Å². The van der Waals surface area contributed by atoms with Crippen molar-refractivity contribution in [2.45, 2.75) is 59.2 Å². The lowest BCUT2D eigenvalue weighted by atomic mass is 10.2. The fraction of sp³-hybridized carbons (Fsp3) is 0.750. The normalized spacial score (nSPS) is 13.5. The molecule has 0 saturated heterocycles. The molecular weight excluding hydrogens is 190 g/mol. The second-order valence-corrected chi connectivity index (χ2v) is 4.96. The molecule has 0 aliphatic carbocycles. The van der Waals surface area contributed by atoms with Gasteiger partial charge in [-0.2, -0.15) is 0 Å². The summed E-state index contributed by atoms with van der Waals surface area (Å²) in [6, 6.07) is 0.0905. The minimum absolute atomic E-state index is 0.0140. The molecule has 1 atom stereocenters. The van der Waals surface area contributed by atoms with Gasteiger partial charge in [0.25, 0.3) is 0 Å². The highest BCUT2D eigenvalue weighted by Gasteiger charge is 2.26. The first kappa shape index (κ1) is 14.0. The first-order chi connectivity index (χ1) is 6.69. The molecule has 3 nitrogen and oxygen atoms in total. The van der Waals surface area contributed by atoms with E-state index in [0.29, 0.717) is 0 Å². The van der Waals surface area contributed by atoms with Gasteiger partial charge in [-0.3, -0.25) is 4.90 Å². The van der Waals surface area contributed by atoms with E-state index in [1.807, 2.05) is 41.5 Å². The number of carbonyl (C=O) groups excluding carboxylic acids is 1. The van der Waals surface area contributed by atoms with Crippen molar-refractivity contribution in [3.63, 3.8) is 0 Å². The van der Waals surface area contributed by atoms with Crippen LogP contribution in [0, 0.1) is 0 Å². The highest BCUT2D eigenvalue weighted by atomic mass is 16.6. The topological polar surface area (TPSA) is 29.5 Å². The third-order valence-corrected chi connectivity index (χ3v) is 1.94. The quantitative estimate of drug-likeness (QED) is 0.674. The van der Waals surface area contributed by atoms with Crippen molar-refractivity contribution in [3.05, 3.63) is 12.7 Å². The van der Waals surface area contributed by atoms with Crippen molar-refractivity contribution in [3.8, 4) is 0 Å². The lowest BCUT2D eigenvalue weighted by Crippen LogP contribution is -2.45. The maximum Gasteiger partial charge on any atom is 0.411 e. The Bertz CT molecular complexity index is 228. The summed E-state index contributed by atoms with van der Waals surface area (Å²) < 4.78 is 5.32. The summed E-state index contributed by atoms with van der Waals surface area (Å²) in [7, 11) is 0. The van der Waals surface area contributed by atoms with Crippen LogP contribution in [0.2, 0.25) is 0 Å². The number of carbonyl (C=O) groups is 1. The summed E-state index contributed by atoms with van der Waals surface area (Å²) in [5.41, 5.74) is -0.453. The van der Waals surface area contributed by atoms with Crippen LogP contribution < -0.4 is 0 Å². The lowest BCUT2D eigenvalue weighted by Gasteiger charge is -2.33. The zero-order valence-corrected chi connectivity index (χ0v) is 10.7. The molecule has 0 heterocycles. The van der Waals surface area contributed by atoms with Crippen molar-refractivity contribution in [1.29, 1.82) is 0 Å². The molecule has 0 saturated carbocycles. The standard InChI is InChI=1S/C12H23NO2/c1-8-10(4)13(9(2)3)11(14)15-12(5,6)7/h8-10H,1H2,2-7H3. The average Bonchev–Trinajstić information content (AvgIpc) is 1.99. The second-order valence-electron chi connectivity index (χ2n) is 4.96. The van der Waals surface area contributed by atoms with E-state index >= 15 is 0 Å². The molecule has 0 aliphatic rings. The first-order valence-corrected chi connectivity index (χ1v) is 5.33. The molecule has 3 heteroatoms. The van der Waals surface area contributed by atoms with Crippen LogP contribution in [0.15, 0.2) is 12.7 Å². The molecule has 0 aromatic carbocycles. The highest BCUT2D eigenvalue weighted by molar-refractivity contribution is 5.69. The molecule has 88 valence electrons. The van der Waals surface area contributed by atoms with Gasteiger partial charge in [-0.25, -0.2) is 4.79 Å². The van der Waals surface area contributed by atoms with Crippen molar-refractivity contribution in [2.24, 2.45) is 0 Å². The molecule has 0 radical (unpaired) electrons. The number of amides is 1. The Morgan fingerprint density at radius 2 is 1.80 bits per heavy atom. The Labute approximate surface area is 93.1 Å². The summed E-state index contributed by atoms with van der Waals surface area (Å²) in [4.78, 5) is 13.5. The van der Waals surface area contributed by atoms with Crippen LogP contribution >= 0.6 is 0 Å². The van der Waals surface area contributed by atoms with Gasteiger partial charge in [0.15, 0.2) is 0 Å². The van der Waals surface area contributed by atoms with Crippen molar-refractivity contribution < 1.29 is 9.53 Å². The summed E-state index contributed by atoms with van der Waals surface area (Å²) >= 11 is 0. The van der Waals surface area contributed by atoms with E-state index < -0.39 is 5.60 Å². The Balaban J connectivity index is 4.64. The summed E-state index contributed by atoms with van der Waals surface area (Å²) in [5.74, 6) is 0. The van der Waals surface area contributed by atoms with Gasteiger partial charge in [0.1, 0.15) is 5.60 Å². The molecule has 0 aromatic rings. The number of ether oxygens (including phenoxy) is 1. The molecule has 0 spiro atoms. The van der Waals surface area contributed by atoms with Gasteiger partial charge < -0.3 is 4.74 Å². The van der Waals surface area contributed by atoms with Gasteiger partial charge in [0, 0.05) is 6.04 Å². The first-order valence-electron chi connectivity index (χ1n) is 5.33. The van der Waals surface area contributed by atoms with E-state index in [1.54, 1.807) is 11.0 Å². The summed E-state index contributed by atoms with van der Waals surface area (Å²) in [5, 5.41) is 0. The van der Waals surface area contributed by atoms with Crippen molar-refractivity contribution >= 4 is 6.09 Å². The fourth-order valence-corrected chi connectivity index (χ4v) is 1.28. The molecule has 0 bridgehead atoms.